The van der Waals surface area contributed by atoms with Crippen molar-refractivity contribution in [3.05, 3.63) is 24.0 Å². The number of hydrogen-bond acceptors (Lipinski definition) is 4. The summed E-state index contributed by atoms with van der Waals surface area (Å²) in [5.41, 5.74) is 6.12. The van der Waals surface area contributed by atoms with E-state index < -0.39 is 12.8 Å². The third kappa shape index (κ3) is 6.41. The predicted octanol–water partition coefficient (Wildman–Crippen LogP) is 1.89. The highest BCUT2D eigenvalue weighted by Gasteiger charge is 2.27. The van der Waals surface area contributed by atoms with Gasteiger partial charge in [-0.15, -0.1) is 0 Å². The Morgan fingerprint density at radius 2 is 2.00 bits per heavy atom. The van der Waals surface area contributed by atoms with Gasteiger partial charge in [0.25, 0.3) is 0 Å². The van der Waals surface area contributed by atoms with Crippen LogP contribution in [0.25, 0.3) is 0 Å². The lowest BCUT2D eigenvalue weighted by Gasteiger charge is -2.08. The molecule has 18 heavy (non-hydrogen) atoms. The van der Waals surface area contributed by atoms with E-state index in [1.165, 1.54) is 6.20 Å². The highest BCUT2D eigenvalue weighted by molar-refractivity contribution is 5.19. The largest absolute Gasteiger partial charge is 0.492 e. The fraction of sp³-hybridized carbons (Fsp3) is 0.545. The zero-order valence-electron chi connectivity index (χ0n) is 9.74. The molecule has 0 saturated heterocycles. The first-order valence-electron chi connectivity index (χ1n) is 5.43. The van der Waals surface area contributed by atoms with Gasteiger partial charge in [-0.25, -0.2) is 0 Å². The Morgan fingerprint density at radius 1 is 1.22 bits per heavy atom. The zero-order chi connectivity index (χ0) is 13.4. The van der Waals surface area contributed by atoms with E-state index in [9.17, 15) is 13.2 Å². The minimum Gasteiger partial charge on any atom is -0.492 e. The minimum atomic E-state index is -4.27. The molecule has 1 aromatic heterocycles. The van der Waals surface area contributed by atoms with Gasteiger partial charge in [0.2, 0.25) is 0 Å². The molecule has 0 saturated carbocycles. The molecular formula is C11H15F3N2O2. The third-order valence-electron chi connectivity index (χ3n) is 1.97. The van der Waals surface area contributed by atoms with Gasteiger partial charge in [0.1, 0.15) is 12.4 Å². The van der Waals surface area contributed by atoms with Crippen LogP contribution in [0, 0.1) is 0 Å². The molecule has 0 aliphatic heterocycles. The molecule has 0 radical (unpaired) electrons. The van der Waals surface area contributed by atoms with Gasteiger partial charge in [0, 0.05) is 13.0 Å². The average molecular weight is 264 g/mol. The maximum absolute atomic E-state index is 11.7. The van der Waals surface area contributed by atoms with E-state index in [-0.39, 0.29) is 13.2 Å². The molecule has 0 unspecified atom stereocenters. The van der Waals surface area contributed by atoms with E-state index in [2.05, 4.69) is 9.72 Å². The Bertz CT molecular complexity index is 341. The van der Waals surface area contributed by atoms with Gasteiger partial charge in [-0.1, -0.05) is 0 Å². The van der Waals surface area contributed by atoms with Crippen molar-refractivity contribution >= 4 is 0 Å². The minimum absolute atomic E-state index is 0.00776. The monoisotopic (exact) mass is 264 g/mol. The van der Waals surface area contributed by atoms with Gasteiger partial charge >= 0.3 is 6.18 Å². The molecule has 1 heterocycles. The second-order valence-corrected chi connectivity index (χ2v) is 3.56. The lowest BCUT2D eigenvalue weighted by Crippen LogP contribution is -2.18. The molecule has 102 valence electrons. The summed E-state index contributed by atoms with van der Waals surface area (Å²) < 4.78 is 44.9. The van der Waals surface area contributed by atoms with E-state index in [4.69, 9.17) is 10.5 Å². The summed E-state index contributed by atoms with van der Waals surface area (Å²) in [7, 11) is 0. The third-order valence-corrected chi connectivity index (χ3v) is 1.97. The number of hydrogen-bond donors (Lipinski definition) is 1. The van der Waals surface area contributed by atoms with E-state index in [1.54, 1.807) is 12.1 Å². The summed E-state index contributed by atoms with van der Waals surface area (Å²) in [5.74, 6) is 0.558. The lowest BCUT2D eigenvalue weighted by molar-refractivity contribution is -0.174. The summed E-state index contributed by atoms with van der Waals surface area (Å²) in [6, 6.07) is 3.45. The Morgan fingerprint density at radius 3 is 2.56 bits per heavy atom. The number of aromatic nitrogens is 1. The van der Waals surface area contributed by atoms with E-state index in [1.807, 2.05) is 0 Å². The second-order valence-electron chi connectivity index (χ2n) is 3.56. The smallest absolute Gasteiger partial charge is 0.411 e. The number of halogens is 3. The van der Waals surface area contributed by atoms with Crippen LogP contribution in [0.1, 0.15) is 12.1 Å². The molecule has 4 nitrogen and oxygen atoms in total. The van der Waals surface area contributed by atoms with Crippen molar-refractivity contribution in [2.45, 2.75) is 19.1 Å². The van der Waals surface area contributed by atoms with E-state index in [0.717, 1.165) is 5.69 Å². The molecule has 2 N–H and O–H groups in total. The van der Waals surface area contributed by atoms with Gasteiger partial charge in [-0.2, -0.15) is 13.2 Å². The summed E-state index contributed by atoms with van der Waals surface area (Å²) >= 11 is 0. The molecule has 0 bridgehead atoms. The molecular weight excluding hydrogens is 249 g/mol. The van der Waals surface area contributed by atoms with Gasteiger partial charge in [0.15, 0.2) is 0 Å². The summed E-state index contributed by atoms with van der Waals surface area (Å²) in [6.07, 6.45) is -2.36. The van der Waals surface area contributed by atoms with Crippen LogP contribution in [-0.4, -0.2) is 31.0 Å². The summed E-state index contributed by atoms with van der Waals surface area (Å²) in [5, 5.41) is 0. The van der Waals surface area contributed by atoms with Crippen molar-refractivity contribution < 1.29 is 22.6 Å². The molecule has 1 aromatic rings. The quantitative estimate of drug-likeness (QED) is 0.764. The number of rotatable bonds is 7. The maximum atomic E-state index is 11.7. The second kappa shape index (κ2) is 7.17. The van der Waals surface area contributed by atoms with Crippen LogP contribution in [0.4, 0.5) is 13.2 Å². The van der Waals surface area contributed by atoms with Gasteiger partial charge in [-0.05, 0) is 12.1 Å². The van der Waals surface area contributed by atoms with Crippen LogP contribution in [0.5, 0.6) is 5.75 Å². The normalized spacial score (nSPS) is 11.6. The van der Waals surface area contributed by atoms with Crippen LogP contribution in [0.3, 0.4) is 0 Å². The van der Waals surface area contributed by atoms with Crippen molar-refractivity contribution in [2.24, 2.45) is 5.73 Å². The van der Waals surface area contributed by atoms with Gasteiger partial charge < -0.3 is 15.2 Å². The first-order chi connectivity index (χ1) is 8.51. The number of nitrogens with zero attached hydrogens (tertiary/aromatic N) is 1. The SMILES string of the molecule is NCc1ccc(OCCCOCC(F)(F)F)cn1. The van der Waals surface area contributed by atoms with E-state index >= 15 is 0 Å². The van der Waals surface area contributed by atoms with Crippen LogP contribution in [0.2, 0.25) is 0 Å². The summed E-state index contributed by atoms with van der Waals surface area (Å²) in [6.45, 7) is -0.583. The van der Waals surface area contributed by atoms with Crippen LogP contribution < -0.4 is 10.5 Å². The van der Waals surface area contributed by atoms with Gasteiger partial charge in [-0.3, -0.25) is 4.98 Å². The van der Waals surface area contributed by atoms with Crippen molar-refractivity contribution in [1.29, 1.82) is 0 Å². The number of pyridine rings is 1. The molecule has 7 heteroatoms. The van der Waals surface area contributed by atoms with Gasteiger partial charge in [0.05, 0.1) is 25.1 Å². The fourth-order valence-corrected chi connectivity index (χ4v) is 1.16. The highest BCUT2D eigenvalue weighted by atomic mass is 19.4. The number of nitrogens with two attached hydrogens (primary N) is 1. The Balaban J connectivity index is 2.10. The Labute approximate surface area is 103 Å². The van der Waals surface area contributed by atoms with Crippen LogP contribution in [-0.2, 0) is 11.3 Å². The Hall–Kier alpha value is -1.34. The topological polar surface area (TPSA) is 57.4 Å². The van der Waals surface area contributed by atoms with Crippen LogP contribution in [0.15, 0.2) is 18.3 Å². The van der Waals surface area contributed by atoms with E-state index in [0.29, 0.717) is 18.7 Å². The number of ether oxygens (including phenoxy) is 2. The number of alkyl halides is 3. The molecule has 0 aliphatic rings. The van der Waals surface area contributed by atoms with Crippen molar-refractivity contribution in [1.82, 2.24) is 4.98 Å². The van der Waals surface area contributed by atoms with Crippen molar-refractivity contribution in [3.63, 3.8) is 0 Å². The van der Waals surface area contributed by atoms with Crippen molar-refractivity contribution in [3.8, 4) is 5.75 Å². The maximum Gasteiger partial charge on any atom is 0.411 e. The first-order valence-corrected chi connectivity index (χ1v) is 5.43. The molecule has 0 atom stereocenters. The predicted molar refractivity (Wildman–Crippen MR) is 59.1 cm³/mol. The lowest BCUT2D eigenvalue weighted by atomic mass is 10.3. The zero-order valence-corrected chi connectivity index (χ0v) is 9.74. The highest BCUT2D eigenvalue weighted by Crippen LogP contribution is 2.14. The average Bonchev–Trinajstić information content (AvgIpc) is 2.33. The van der Waals surface area contributed by atoms with Crippen molar-refractivity contribution in [2.75, 3.05) is 19.8 Å². The molecule has 0 amide bonds. The summed E-state index contributed by atoms with van der Waals surface area (Å²) in [4.78, 5) is 4.01. The molecule has 0 fully saturated rings. The first kappa shape index (κ1) is 14.7. The molecule has 0 aliphatic carbocycles. The standard InChI is InChI=1S/C11H15F3N2O2/c12-11(13,14)8-17-4-1-5-18-10-3-2-9(6-15)16-7-10/h2-3,7H,1,4-6,8,15H2. The molecule has 1 rings (SSSR count). The van der Waals surface area contributed by atoms with Crippen LogP contribution >= 0.6 is 0 Å². The Kier molecular flexibility index (Phi) is 5.87. The molecule has 0 aromatic carbocycles. The molecule has 0 spiro atoms. The fourth-order valence-electron chi connectivity index (χ4n) is 1.16.